The molecule has 13 heteroatoms. The smallest absolute Gasteiger partial charge is 0.256 e. The van der Waals surface area contributed by atoms with Crippen LogP contribution in [0.25, 0.3) is 22.3 Å². The maximum atomic E-state index is 12.8. The summed E-state index contributed by atoms with van der Waals surface area (Å²) in [5, 5.41) is 67.8. The lowest BCUT2D eigenvalue weighted by atomic mass is 9.92. The van der Waals surface area contributed by atoms with E-state index in [2.05, 4.69) is 16.0 Å². The zero-order valence-corrected chi connectivity index (χ0v) is 30.4. The van der Waals surface area contributed by atoms with Crippen LogP contribution in [-0.4, -0.2) is 103 Å². The van der Waals surface area contributed by atoms with E-state index in [-0.39, 0.29) is 40.7 Å². The van der Waals surface area contributed by atoms with Gasteiger partial charge in [0, 0.05) is 46.6 Å². The lowest BCUT2D eigenvalue weighted by Gasteiger charge is -2.36. The lowest BCUT2D eigenvalue weighted by molar-refractivity contribution is -0.114. The zero-order chi connectivity index (χ0) is 40.0. The van der Waals surface area contributed by atoms with Crippen LogP contribution in [0.4, 0.5) is 0 Å². The van der Waals surface area contributed by atoms with Crippen molar-refractivity contribution < 1.29 is 49.8 Å². The van der Waals surface area contributed by atoms with E-state index in [9.17, 15) is 49.8 Å². The summed E-state index contributed by atoms with van der Waals surface area (Å²) < 4.78 is 0. The number of nitrogens with one attached hydrogen (secondary N) is 3. The fourth-order valence-electron chi connectivity index (χ4n) is 7.64. The predicted octanol–water partition coefficient (Wildman–Crippen LogP) is 1.51. The number of carbonyl (C=O) groups is 4. The van der Waals surface area contributed by atoms with E-state index < -0.39 is 54.6 Å². The highest BCUT2D eigenvalue weighted by atomic mass is 16.4. The SMILES string of the molecule is C[C@@H]1NC(=CC(=O)Cc2cccc3c2C(=O)c2ccccc2-3)[C@@H](O)[C@H](O)[C@@H]1O.C[C@@H]1NC(=CNC(=O)c2cccc3c2C(=O)c2ccccc2-3)[C@@H](O)[C@H](O)[C@@H]1O. The summed E-state index contributed by atoms with van der Waals surface area (Å²) in [5.41, 5.74) is 6.48. The molecule has 0 spiro atoms. The second kappa shape index (κ2) is 15.4. The summed E-state index contributed by atoms with van der Waals surface area (Å²) in [5.74, 6) is -1.11. The van der Waals surface area contributed by atoms with Gasteiger partial charge in [-0.25, -0.2) is 0 Å². The Kier molecular flexibility index (Phi) is 10.6. The molecule has 0 bridgehead atoms. The third-order valence-electron chi connectivity index (χ3n) is 10.7. The number of ketones is 3. The van der Waals surface area contributed by atoms with Crippen LogP contribution in [0, 0.1) is 0 Å². The molecule has 0 radical (unpaired) electrons. The summed E-state index contributed by atoms with van der Waals surface area (Å²) in [4.78, 5) is 51.0. The first-order valence-electron chi connectivity index (χ1n) is 18.2. The molecule has 9 N–H and O–H groups in total. The minimum absolute atomic E-state index is 0.00612. The van der Waals surface area contributed by atoms with Crippen molar-refractivity contribution in [3.05, 3.63) is 142 Å². The van der Waals surface area contributed by atoms with E-state index in [1.54, 1.807) is 56.3 Å². The molecule has 2 aliphatic heterocycles. The van der Waals surface area contributed by atoms with Gasteiger partial charge < -0.3 is 46.6 Å². The number of allylic oxidation sites excluding steroid dienone is 1. The van der Waals surface area contributed by atoms with Gasteiger partial charge in [0.25, 0.3) is 5.91 Å². The van der Waals surface area contributed by atoms with E-state index in [1.807, 2.05) is 42.5 Å². The highest BCUT2D eigenvalue weighted by Crippen LogP contribution is 2.39. The molecule has 0 aromatic heterocycles. The predicted molar refractivity (Wildman–Crippen MR) is 204 cm³/mol. The second-order valence-corrected chi connectivity index (χ2v) is 14.4. The Morgan fingerprint density at radius 2 is 1.05 bits per heavy atom. The van der Waals surface area contributed by atoms with E-state index in [1.165, 1.54) is 12.3 Å². The zero-order valence-electron chi connectivity index (χ0n) is 30.4. The van der Waals surface area contributed by atoms with Crippen molar-refractivity contribution >= 4 is 23.3 Å². The van der Waals surface area contributed by atoms with Gasteiger partial charge in [0.2, 0.25) is 0 Å². The molecule has 4 aromatic rings. The molecule has 0 unspecified atom stereocenters. The Hall–Kier alpha value is -5.80. The van der Waals surface area contributed by atoms with Gasteiger partial charge in [-0.3, -0.25) is 19.2 Å². The highest BCUT2D eigenvalue weighted by molar-refractivity contribution is 6.26. The first kappa shape index (κ1) is 38.5. The Balaban J connectivity index is 0.000000172. The Labute approximate surface area is 321 Å². The molecule has 8 rings (SSSR count). The number of amides is 1. The molecule has 2 heterocycles. The van der Waals surface area contributed by atoms with E-state index >= 15 is 0 Å². The molecule has 8 atom stereocenters. The Morgan fingerprint density at radius 3 is 1.64 bits per heavy atom. The van der Waals surface area contributed by atoms with E-state index in [4.69, 9.17) is 0 Å². The molecule has 4 aromatic carbocycles. The van der Waals surface area contributed by atoms with Crippen LogP contribution in [0.5, 0.6) is 0 Å². The topological polar surface area (TPSA) is 226 Å². The molecule has 4 aliphatic rings. The molecular weight excluding hydrogens is 718 g/mol. The highest BCUT2D eigenvalue weighted by Gasteiger charge is 2.39. The fourth-order valence-corrected chi connectivity index (χ4v) is 7.64. The van der Waals surface area contributed by atoms with Crippen molar-refractivity contribution in [2.75, 3.05) is 0 Å². The quantitative estimate of drug-likeness (QED) is 0.114. The second-order valence-electron chi connectivity index (χ2n) is 14.4. The van der Waals surface area contributed by atoms with Crippen LogP contribution in [0.1, 0.15) is 61.6 Å². The van der Waals surface area contributed by atoms with Gasteiger partial charge in [-0.1, -0.05) is 78.9 Å². The third-order valence-corrected chi connectivity index (χ3v) is 10.7. The number of aliphatic hydroxyl groups excluding tert-OH is 6. The number of carbonyl (C=O) groups excluding carboxylic acids is 4. The minimum atomic E-state index is -1.37. The van der Waals surface area contributed by atoms with Crippen molar-refractivity contribution in [1.82, 2.24) is 16.0 Å². The largest absolute Gasteiger partial charge is 0.388 e. The van der Waals surface area contributed by atoms with Crippen LogP contribution < -0.4 is 16.0 Å². The number of rotatable bonds is 5. The normalized spacial score (nSPS) is 27.2. The fraction of sp³-hybridized carbons (Fsp3) is 0.256. The Bertz CT molecular complexity index is 2320. The standard InChI is InChI=1S/C22H21NO5.C21H20N2O5/c1-11-19(25)22(28)21(27)17(23-11)10-13(24)9-12-5-4-8-15-14-6-2-3-7-16(14)20(26)18(12)15;1-10-17(24)20(27)19(26)15(23-10)9-22-21(28)14-8-4-7-12-11-5-2-3-6-13(11)18(25)16(12)14/h2-8,10-11,19,21-23,25,27-28H,9H2,1H3;2-10,17,19-20,23-24,26-27H,1H3,(H,22,28)/t11-,19+,21+,22+;10-,17+,19+,20+/m00/s1. The van der Waals surface area contributed by atoms with Gasteiger partial charge in [0.15, 0.2) is 17.3 Å². The monoisotopic (exact) mass is 759 g/mol. The number of aliphatic hydroxyl groups is 6. The summed E-state index contributed by atoms with van der Waals surface area (Å²) in [6.45, 7) is 3.30. The van der Waals surface area contributed by atoms with Gasteiger partial charge in [0.1, 0.15) is 36.6 Å². The molecule has 0 saturated carbocycles. The molecule has 2 fully saturated rings. The summed E-state index contributed by atoms with van der Waals surface area (Å²) in [6, 6.07) is 24.1. The molecule has 288 valence electrons. The average Bonchev–Trinajstić information content (AvgIpc) is 3.67. The van der Waals surface area contributed by atoms with Crippen LogP contribution in [0.15, 0.2) is 109 Å². The van der Waals surface area contributed by atoms with Crippen molar-refractivity contribution in [2.24, 2.45) is 0 Å². The van der Waals surface area contributed by atoms with E-state index in [0.29, 0.717) is 33.4 Å². The van der Waals surface area contributed by atoms with Gasteiger partial charge in [-0.2, -0.15) is 0 Å². The van der Waals surface area contributed by atoms with E-state index in [0.717, 1.165) is 16.7 Å². The van der Waals surface area contributed by atoms with Crippen molar-refractivity contribution in [3.8, 4) is 22.3 Å². The number of fused-ring (bicyclic) bond motifs is 6. The third kappa shape index (κ3) is 6.85. The van der Waals surface area contributed by atoms with Gasteiger partial charge in [-0.15, -0.1) is 0 Å². The molecule has 2 aliphatic carbocycles. The van der Waals surface area contributed by atoms with Gasteiger partial charge in [0.05, 0.1) is 23.3 Å². The number of benzene rings is 4. The molecule has 13 nitrogen and oxygen atoms in total. The van der Waals surface area contributed by atoms with Gasteiger partial charge >= 0.3 is 0 Å². The minimum Gasteiger partial charge on any atom is -0.388 e. The lowest BCUT2D eigenvalue weighted by Crippen LogP contribution is -2.57. The summed E-state index contributed by atoms with van der Waals surface area (Å²) in [6.07, 6.45) is -5.24. The first-order valence-corrected chi connectivity index (χ1v) is 18.2. The summed E-state index contributed by atoms with van der Waals surface area (Å²) in [7, 11) is 0. The maximum Gasteiger partial charge on any atom is 0.256 e. The first-order chi connectivity index (χ1) is 26.8. The number of piperidine rings is 2. The number of hydrogen-bond donors (Lipinski definition) is 9. The van der Waals surface area contributed by atoms with Gasteiger partial charge in [-0.05, 0) is 47.7 Å². The molecule has 2 saturated heterocycles. The summed E-state index contributed by atoms with van der Waals surface area (Å²) >= 11 is 0. The Morgan fingerprint density at radius 1 is 0.589 bits per heavy atom. The van der Waals surface area contributed by atoms with Crippen LogP contribution in [0.2, 0.25) is 0 Å². The van der Waals surface area contributed by atoms with Crippen LogP contribution in [0.3, 0.4) is 0 Å². The molecular formula is C43H41N3O10. The average molecular weight is 760 g/mol. The van der Waals surface area contributed by atoms with Crippen LogP contribution >= 0.6 is 0 Å². The maximum absolute atomic E-state index is 12.8. The van der Waals surface area contributed by atoms with Crippen molar-refractivity contribution in [1.29, 1.82) is 0 Å². The number of hydrogen-bond acceptors (Lipinski definition) is 12. The van der Waals surface area contributed by atoms with Crippen molar-refractivity contribution in [3.63, 3.8) is 0 Å². The molecule has 56 heavy (non-hydrogen) atoms. The van der Waals surface area contributed by atoms with Crippen molar-refractivity contribution in [2.45, 2.75) is 69.0 Å². The molecule has 1 amide bonds. The van der Waals surface area contributed by atoms with Crippen LogP contribution in [-0.2, 0) is 11.2 Å².